The highest BCUT2D eigenvalue weighted by Crippen LogP contribution is 2.28. The molecule has 3 nitrogen and oxygen atoms in total. The van der Waals surface area contributed by atoms with Gasteiger partial charge < -0.3 is 14.8 Å². The maximum absolute atomic E-state index is 5.83. The van der Waals surface area contributed by atoms with Crippen LogP contribution in [0.25, 0.3) is 0 Å². The molecule has 1 aromatic rings. The molecule has 1 aromatic carbocycles. The average Bonchev–Trinajstić information content (AvgIpc) is 2.51. The first-order valence-electron chi connectivity index (χ1n) is 7.95. The van der Waals surface area contributed by atoms with Gasteiger partial charge in [-0.05, 0) is 50.3 Å². The van der Waals surface area contributed by atoms with E-state index in [1.54, 1.807) is 7.11 Å². The van der Waals surface area contributed by atoms with E-state index < -0.39 is 0 Å². The molecule has 0 radical (unpaired) electrons. The summed E-state index contributed by atoms with van der Waals surface area (Å²) in [4.78, 5) is 0. The lowest BCUT2D eigenvalue weighted by Gasteiger charge is -2.12. The molecule has 0 aliphatic heterocycles. The molecular weight excluding hydrogens is 262 g/mol. The van der Waals surface area contributed by atoms with Crippen LogP contribution in [-0.2, 0) is 6.42 Å². The number of unbranched alkanes of at least 4 members (excludes halogenated alkanes) is 1. The first-order valence-corrected chi connectivity index (χ1v) is 7.95. The molecule has 0 amide bonds. The topological polar surface area (TPSA) is 35.1 Å². The molecule has 3 heteroatoms. The summed E-state index contributed by atoms with van der Waals surface area (Å²) in [6, 6.07) is 6.80. The van der Waals surface area contributed by atoms with Gasteiger partial charge >= 0.3 is 0 Å². The second-order valence-corrected chi connectivity index (χ2v) is 5.44. The van der Waals surface area contributed by atoms with Crippen molar-refractivity contribution in [2.45, 2.75) is 45.6 Å². The third-order valence-electron chi connectivity index (χ3n) is 3.68. The van der Waals surface area contributed by atoms with Crippen LogP contribution in [0.1, 0.15) is 38.7 Å². The van der Waals surface area contributed by atoms with Gasteiger partial charge in [-0.1, -0.05) is 19.1 Å². The lowest BCUT2D eigenvalue weighted by molar-refractivity contribution is -0.686. The minimum Gasteiger partial charge on any atom is -0.493 e. The SMILES string of the molecule is C=CCc1ccc(OCCCC[NH2+][C@@H](C)CC)c(OC)c1. The van der Waals surface area contributed by atoms with Gasteiger partial charge in [-0.3, -0.25) is 0 Å². The zero-order valence-corrected chi connectivity index (χ0v) is 13.7. The quantitative estimate of drug-likeness (QED) is 0.503. The summed E-state index contributed by atoms with van der Waals surface area (Å²) in [5.41, 5.74) is 1.19. The van der Waals surface area contributed by atoms with Crippen LogP contribution in [0.4, 0.5) is 0 Å². The van der Waals surface area contributed by atoms with Gasteiger partial charge in [0.2, 0.25) is 0 Å². The summed E-state index contributed by atoms with van der Waals surface area (Å²) in [5, 5.41) is 2.41. The van der Waals surface area contributed by atoms with Gasteiger partial charge in [-0.25, -0.2) is 0 Å². The molecule has 1 atom stereocenters. The van der Waals surface area contributed by atoms with Crippen LogP contribution in [0, 0.1) is 0 Å². The molecule has 2 N–H and O–H groups in total. The monoisotopic (exact) mass is 292 g/mol. The number of quaternary nitrogens is 1. The van der Waals surface area contributed by atoms with E-state index in [0.29, 0.717) is 0 Å². The van der Waals surface area contributed by atoms with Gasteiger partial charge in [0.1, 0.15) is 0 Å². The van der Waals surface area contributed by atoms with Gasteiger partial charge in [0, 0.05) is 0 Å². The molecule has 0 fully saturated rings. The van der Waals surface area contributed by atoms with Crippen LogP contribution in [0.2, 0.25) is 0 Å². The first-order chi connectivity index (χ1) is 10.2. The van der Waals surface area contributed by atoms with Crippen LogP contribution >= 0.6 is 0 Å². The Morgan fingerprint density at radius 3 is 2.76 bits per heavy atom. The Morgan fingerprint density at radius 2 is 2.10 bits per heavy atom. The van der Waals surface area contributed by atoms with E-state index >= 15 is 0 Å². The van der Waals surface area contributed by atoms with E-state index in [2.05, 4.69) is 31.8 Å². The van der Waals surface area contributed by atoms with Crippen molar-refractivity contribution in [2.24, 2.45) is 0 Å². The van der Waals surface area contributed by atoms with Crippen LogP contribution in [0.5, 0.6) is 11.5 Å². The number of ether oxygens (including phenoxy) is 2. The van der Waals surface area contributed by atoms with Gasteiger partial charge in [-0.2, -0.15) is 0 Å². The van der Waals surface area contributed by atoms with Crippen molar-refractivity contribution in [3.8, 4) is 11.5 Å². The van der Waals surface area contributed by atoms with E-state index in [1.165, 1.54) is 24.9 Å². The Morgan fingerprint density at radius 1 is 1.29 bits per heavy atom. The van der Waals surface area contributed by atoms with Crippen molar-refractivity contribution in [1.29, 1.82) is 0 Å². The Balaban J connectivity index is 2.32. The molecule has 0 bridgehead atoms. The summed E-state index contributed by atoms with van der Waals surface area (Å²) in [5.74, 6) is 1.64. The number of nitrogens with two attached hydrogens (primary N) is 1. The minimum absolute atomic E-state index is 0.725. The van der Waals surface area contributed by atoms with Crippen LogP contribution in [0.15, 0.2) is 30.9 Å². The van der Waals surface area contributed by atoms with Crippen molar-refractivity contribution >= 4 is 0 Å². The van der Waals surface area contributed by atoms with Crippen LogP contribution < -0.4 is 14.8 Å². The molecular formula is C18H30NO2+. The fraction of sp³-hybridized carbons (Fsp3) is 0.556. The standard InChI is InChI=1S/C18H29NO2/c1-5-9-16-10-11-17(18(14-16)20-4)21-13-8-7-12-19-15(3)6-2/h5,10-11,14-15,19H,1,6-9,12-13H2,2-4H3/p+1/t15-/m0/s1. The molecule has 0 aliphatic carbocycles. The number of hydrogen-bond donors (Lipinski definition) is 1. The van der Waals surface area contributed by atoms with E-state index in [1.807, 2.05) is 18.2 Å². The normalized spacial score (nSPS) is 12.0. The maximum Gasteiger partial charge on any atom is 0.161 e. The zero-order chi connectivity index (χ0) is 15.5. The molecule has 1 rings (SSSR count). The van der Waals surface area contributed by atoms with Gasteiger partial charge in [0.25, 0.3) is 0 Å². The lowest BCUT2D eigenvalue weighted by atomic mass is 10.1. The summed E-state index contributed by atoms with van der Waals surface area (Å²) in [6.07, 6.45) is 6.22. The van der Waals surface area contributed by atoms with Crippen molar-refractivity contribution in [3.05, 3.63) is 36.4 Å². The summed E-state index contributed by atoms with van der Waals surface area (Å²) in [7, 11) is 1.68. The third kappa shape index (κ3) is 6.67. The molecule has 0 aromatic heterocycles. The van der Waals surface area contributed by atoms with E-state index in [4.69, 9.17) is 9.47 Å². The fourth-order valence-electron chi connectivity index (χ4n) is 2.12. The average molecular weight is 292 g/mol. The van der Waals surface area contributed by atoms with Crippen LogP contribution in [-0.4, -0.2) is 26.3 Å². The summed E-state index contributed by atoms with van der Waals surface area (Å²) in [6.45, 7) is 10.2. The Kier molecular flexibility index (Phi) is 8.60. The smallest absolute Gasteiger partial charge is 0.161 e. The number of methoxy groups -OCH3 is 1. The Labute approximate surface area is 129 Å². The largest absolute Gasteiger partial charge is 0.493 e. The predicted octanol–water partition coefficient (Wildman–Crippen LogP) is 2.94. The first kappa shape index (κ1) is 17.6. The van der Waals surface area contributed by atoms with Gasteiger partial charge in [0.05, 0.1) is 26.3 Å². The van der Waals surface area contributed by atoms with Crippen LogP contribution in [0.3, 0.4) is 0 Å². The summed E-state index contributed by atoms with van der Waals surface area (Å²) < 4.78 is 11.2. The van der Waals surface area contributed by atoms with Crippen molar-refractivity contribution < 1.29 is 14.8 Å². The highest BCUT2D eigenvalue weighted by Gasteiger charge is 2.05. The van der Waals surface area contributed by atoms with Crippen molar-refractivity contribution in [2.75, 3.05) is 20.3 Å². The van der Waals surface area contributed by atoms with Gasteiger partial charge in [0.15, 0.2) is 11.5 Å². The molecule has 21 heavy (non-hydrogen) atoms. The molecule has 118 valence electrons. The lowest BCUT2D eigenvalue weighted by Crippen LogP contribution is -2.89. The second-order valence-electron chi connectivity index (χ2n) is 5.44. The molecule has 0 saturated heterocycles. The highest BCUT2D eigenvalue weighted by atomic mass is 16.5. The Hall–Kier alpha value is -1.48. The number of hydrogen-bond acceptors (Lipinski definition) is 2. The molecule has 0 spiro atoms. The molecule has 0 unspecified atom stereocenters. The number of benzene rings is 1. The van der Waals surface area contributed by atoms with E-state index in [0.717, 1.165) is 37.0 Å². The fourth-order valence-corrected chi connectivity index (χ4v) is 2.12. The highest BCUT2D eigenvalue weighted by molar-refractivity contribution is 5.43. The zero-order valence-electron chi connectivity index (χ0n) is 13.7. The van der Waals surface area contributed by atoms with Crippen molar-refractivity contribution in [1.82, 2.24) is 0 Å². The Bertz CT molecular complexity index is 418. The minimum atomic E-state index is 0.725. The maximum atomic E-state index is 5.83. The van der Waals surface area contributed by atoms with E-state index in [-0.39, 0.29) is 0 Å². The van der Waals surface area contributed by atoms with Crippen molar-refractivity contribution in [3.63, 3.8) is 0 Å². The molecule has 0 aliphatic rings. The molecule has 0 saturated carbocycles. The van der Waals surface area contributed by atoms with E-state index in [9.17, 15) is 0 Å². The number of allylic oxidation sites excluding steroid dienone is 1. The predicted molar refractivity (Wildman–Crippen MR) is 88.2 cm³/mol. The third-order valence-corrected chi connectivity index (χ3v) is 3.68. The summed E-state index contributed by atoms with van der Waals surface area (Å²) >= 11 is 0. The second kappa shape index (κ2) is 10.3. The van der Waals surface area contributed by atoms with Gasteiger partial charge in [-0.15, -0.1) is 6.58 Å². The molecule has 0 heterocycles. The number of rotatable bonds is 11.